The van der Waals surface area contributed by atoms with Crippen molar-refractivity contribution in [2.45, 2.75) is 12.3 Å². The van der Waals surface area contributed by atoms with Crippen LogP contribution in [-0.2, 0) is 4.74 Å². The molecule has 8 heteroatoms. The minimum Gasteiger partial charge on any atom is -0.383 e. The van der Waals surface area contributed by atoms with E-state index in [2.05, 4.69) is 27.0 Å². The fourth-order valence-electron chi connectivity index (χ4n) is 3.97. The van der Waals surface area contributed by atoms with Crippen molar-refractivity contribution in [1.82, 2.24) is 29.3 Å². The van der Waals surface area contributed by atoms with Gasteiger partial charge in [-0.05, 0) is 32.1 Å². The number of fused-ring (bicyclic) bond motifs is 1. The number of methoxy groups -OCH3 is 1. The third-order valence-electron chi connectivity index (χ3n) is 5.72. The van der Waals surface area contributed by atoms with Gasteiger partial charge in [-0.1, -0.05) is 0 Å². The Bertz CT molecular complexity index is 799. The Morgan fingerprint density at radius 3 is 2.78 bits per heavy atom. The van der Waals surface area contributed by atoms with E-state index in [1.54, 1.807) is 7.11 Å². The molecule has 1 amide bonds. The SMILES string of the molecule is COCCN1CC[C@@H](c2nnc3ccc(C(=O)N4CCN(C)CC4)cn23)C1. The van der Waals surface area contributed by atoms with E-state index >= 15 is 0 Å². The number of nitrogens with zero attached hydrogens (tertiary/aromatic N) is 6. The van der Waals surface area contributed by atoms with Gasteiger partial charge in [-0.2, -0.15) is 0 Å². The zero-order valence-corrected chi connectivity index (χ0v) is 16.2. The summed E-state index contributed by atoms with van der Waals surface area (Å²) in [5, 5.41) is 8.75. The number of piperazine rings is 1. The van der Waals surface area contributed by atoms with E-state index in [9.17, 15) is 4.79 Å². The van der Waals surface area contributed by atoms with Crippen molar-refractivity contribution in [3.63, 3.8) is 0 Å². The molecule has 0 N–H and O–H groups in total. The molecule has 2 saturated heterocycles. The van der Waals surface area contributed by atoms with Crippen LogP contribution in [0.4, 0.5) is 0 Å². The number of hydrogen-bond donors (Lipinski definition) is 0. The number of amides is 1. The second-order valence-electron chi connectivity index (χ2n) is 7.58. The molecule has 0 spiro atoms. The Morgan fingerprint density at radius 2 is 2.00 bits per heavy atom. The topological polar surface area (TPSA) is 66.2 Å². The lowest BCUT2D eigenvalue weighted by molar-refractivity contribution is 0.0663. The Kier molecular flexibility index (Phi) is 5.38. The number of aromatic nitrogens is 3. The molecule has 146 valence electrons. The van der Waals surface area contributed by atoms with Crippen LogP contribution >= 0.6 is 0 Å². The first kappa shape index (κ1) is 18.3. The number of rotatable bonds is 5. The van der Waals surface area contributed by atoms with Crippen LogP contribution in [0.25, 0.3) is 5.65 Å². The Balaban J connectivity index is 1.52. The van der Waals surface area contributed by atoms with Crippen molar-refractivity contribution in [3.05, 3.63) is 29.7 Å². The maximum Gasteiger partial charge on any atom is 0.255 e. The summed E-state index contributed by atoms with van der Waals surface area (Å²) in [6.45, 7) is 7.09. The van der Waals surface area contributed by atoms with Gasteiger partial charge in [-0.3, -0.25) is 9.20 Å². The summed E-state index contributed by atoms with van der Waals surface area (Å²) in [6.07, 6.45) is 2.98. The molecular weight excluding hydrogens is 344 g/mol. The zero-order chi connectivity index (χ0) is 18.8. The summed E-state index contributed by atoms with van der Waals surface area (Å²) in [5.41, 5.74) is 1.51. The van der Waals surface area contributed by atoms with Gasteiger partial charge in [0.1, 0.15) is 5.82 Å². The second kappa shape index (κ2) is 7.92. The lowest BCUT2D eigenvalue weighted by Crippen LogP contribution is -2.47. The molecule has 27 heavy (non-hydrogen) atoms. The molecule has 0 aromatic carbocycles. The lowest BCUT2D eigenvalue weighted by atomic mass is 10.1. The quantitative estimate of drug-likeness (QED) is 0.764. The fraction of sp³-hybridized carbons (Fsp3) is 0.632. The molecular formula is C19H28N6O2. The molecule has 1 atom stereocenters. The number of ether oxygens (including phenoxy) is 1. The van der Waals surface area contributed by atoms with Crippen LogP contribution in [-0.4, -0.2) is 102 Å². The third-order valence-corrected chi connectivity index (χ3v) is 5.72. The second-order valence-corrected chi connectivity index (χ2v) is 7.58. The van der Waals surface area contributed by atoms with Crippen LogP contribution < -0.4 is 0 Å². The van der Waals surface area contributed by atoms with Gasteiger partial charge in [0.05, 0.1) is 12.2 Å². The number of carbonyl (C=O) groups excluding carboxylic acids is 1. The minimum absolute atomic E-state index is 0.0952. The van der Waals surface area contributed by atoms with Gasteiger partial charge in [0.25, 0.3) is 5.91 Å². The van der Waals surface area contributed by atoms with Crippen LogP contribution in [0.1, 0.15) is 28.5 Å². The highest BCUT2D eigenvalue weighted by atomic mass is 16.5. The van der Waals surface area contributed by atoms with E-state index in [1.165, 1.54) is 0 Å². The van der Waals surface area contributed by atoms with Crippen LogP contribution in [0.3, 0.4) is 0 Å². The summed E-state index contributed by atoms with van der Waals surface area (Å²) < 4.78 is 7.19. The van der Waals surface area contributed by atoms with E-state index in [1.807, 2.05) is 27.6 Å². The first-order valence-corrected chi connectivity index (χ1v) is 9.69. The highest BCUT2D eigenvalue weighted by molar-refractivity contribution is 5.94. The molecule has 0 saturated carbocycles. The molecule has 2 aliphatic heterocycles. The molecule has 0 radical (unpaired) electrons. The normalized spacial score (nSPS) is 22.0. The molecule has 2 fully saturated rings. The van der Waals surface area contributed by atoms with Gasteiger partial charge in [-0.25, -0.2) is 0 Å². The zero-order valence-electron chi connectivity index (χ0n) is 16.2. The standard InChI is InChI=1S/C19H28N6O2/c1-22-7-9-24(10-8-22)19(26)16-3-4-17-20-21-18(25(17)14-16)15-5-6-23(13-15)11-12-27-2/h3-4,14-15H,5-13H2,1-2H3/t15-/m1/s1. The van der Waals surface area contributed by atoms with Crippen molar-refractivity contribution in [1.29, 1.82) is 0 Å². The maximum atomic E-state index is 12.9. The smallest absolute Gasteiger partial charge is 0.255 e. The molecule has 2 aromatic rings. The van der Waals surface area contributed by atoms with Crippen LogP contribution in [0, 0.1) is 0 Å². The van der Waals surface area contributed by atoms with Crippen molar-refractivity contribution in [2.24, 2.45) is 0 Å². The summed E-state index contributed by atoms with van der Waals surface area (Å²) in [5.74, 6) is 1.39. The van der Waals surface area contributed by atoms with Crippen LogP contribution in [0.5, 0.6) is 0 Å². The van der Waals surface area contributed by atoms with Gasteiger partial charge in [0.15, 0.2) is 5.65 Å². The average Bonchev–Trinajstić information content (AvgIpc) is 3.32. The molecule has 2 aromatic heterocycles. The number of likely N-dealkylation sites (tertiary alicyclic amines) is 1. The summed E-state index contributed by atoms with van der Waals surface area (Å²) in [7, 11) is 3.83. The highest BCUT2D eigenvalue weighted by Gasteiger charge is 2.28. The number of carbonyl (C=O) groups is 1. The first-order valence-electron chi connectivity index (χ1n) is 9.69. The van der Waals surface area contributed by atoms with Gasteiger partial charge in [0.2, 0.25) is 0 Å². The molecule has 2 aliphatic rings. The van der Waals surface area contributed by atoms with Crippen LogP contribution in [0.2, 0.25) is 0 Å². The molecule has 0 bridgehead atoms. The van der Waals surface area contributed by atoms with Gasteiger partial charge < -0.3 is 19.4 Å². The number of pyridine rings is 1. The number of likely N-dealkylation sites (N-methyl/N-ethyl adjacent to an activating group) is 1. The first-order chi connectivity index (χ1) is 13.2. The predicted octanol–water partition coefficient (Wildman–Crippen LogP) is 0.553. The summed E-state index contributed by atoms with van der Waals surface area (Å²) >= 11 is 0. The summed E-state index contributed by atoms with van der Waals surface area (Å²) in [4.78, 5) is 19.5. The lowest BCUT2D eigenvalue weighted by Gasteiger charge is -2.32. The molecule has 0 unspecified atom stereocenters. The van der Waals surface area contributed by atoms with E-state index in [0.29, 0.717) is 11.5 Å². The Morgan fingerprint density at radius 1 is 1.19 bits per heavy atom. The molecule has 8 nitrogen and oxygen atoms in total. The van der Waals surface area contributed by atoms with Crippen molar-refractivity contribution < 1.29 is 9.53 Å². The van der Waals surface area contributed by atoms with E-state index in [-0.39, 0.29) is 5.91 Å². The van der Waals surface area contributed by atoms with Gasteiger partial charge >= 0.3 is 0 Å². The Labute approximate surface area is 159 Å². The van der Waals surface area contributed by atoms with Crippen LogP contribution in [0.15, 0.2) is 18.3 Å². The predicted molar refractivity (Wildman–Crippen MR) is 102 cm³/mol. The Hall–Kier alpha value is -2.03. The van der Waals surface area contributed by atoms with E-state index < -0.39 is 0 Å². The highest BCUT2D eigenvalue weighted by Crippen LogP contribution is 2.26. The number of hydrogen-bond acceptors (Lipinski definition) is 6. The van der Waals surface area contributed by atoms with Gasteiger partial charge in [-0.15, -0.1) is 10.2 Å². The molecule has 0 aliphatic carbocycles. The van der Waals surface area contributed by atoms with Crippen molar-refractivity contribution in [3.8, 4) is 0 Å². The summed E-state index contributed by atoms with van der Waals surface area (Å²) in [6, 6.07) is 3.77. The maximum absolute atomic E-state index is 12.9. The van der Waals surface area contributed by atoms with Crippen molar-refractivity contribution >= 4 is 11.6 Å². The largest absolute Gasteiger partial charge is 0.383 e. The van der Waals surface area contributed by atoms with Gasteiger partial charge in [0, 0.05) is 58.5 Å². The van der Waals surface area contributed by atoms with E-state index in [4.69, 9.17) is 4.74 Å². The average molecular weight is 372 g/mol. The monoisotopic (exact) mass is 372 g/mol. The molecule has 4 rings (SSSR count). The third kappa shape index (κ3) is 3.83. The van der Waals surface area contributed by atoms with E-state index in [0.717, 1.165) is 70.3 Å². The van der Waals surface area contributed by atoms with Crippen molar-refractivity contribution in [2.75, 3.05) is 66.6 Å². The minimum atomic E-state index is 0.0952. The fourth-order valence-corrected chi connectivity index (χ4v) is 3.97. The molecule has 4 heterocycles.